The molecule has 2 aromatic rings. The van der Waals surface area contributed by atoms with Crippen molar-refractivity contribution in [2.45, 2.75) is 76.6 Å². The van der Waals surface area contributed by atoms with Gasteiger partial charge in [0.2, 0.25) is 0 Å². The molecule has 1 N–H and O–H groups in total. The molecule has 1 aromatic heterocycles. The zero-order chi connectivity index (χ0) is 24.7. The molecule has 0 aliphatic carbocycles. The van der Waals surface area contributed by atoms with E-state index in [0.717, 1.165) is 12.8 Å². The average Bonchev–Trinajstić information content (AvgIpc) is 3.23. The number of anilines is 1. The van der Waals surface area contributed by atoms with Crippen molar-refractivity contribution in [3.8, 4) is 0 Å². The number of carbonyl (C=O) groups excluding carboxylic acids is 2. The third-order valence-corrected chi connectivity index (χ3v) is 7.53. The van der Waals surface area contributed by atoms with Gasteiger partial charge in [0.15, 0.2) is 5.58 Å². The molecule has 3 fully saturated rings. The number of fused-ring (bicyclic) bond motifs is 3. The van der Waals surface area contributed by atoms with Gasteiger partial charge in [-0.25, -0.2) is 4.79 Å². The van der Waals surface area contributed by atoms with E-state index in [1.54, 1.807) is 4.90 Å². The fraction of sp³-hybridized carbons (Fsp3) is 0.654. The van der Waals surface area contributed by atoms with Crippen LogP contribution >= 0.6 is 0 Å². The van der Waals surface area contributed by atoms with Gasteiger partial charge in [-0.05, 0) is 65.6 Å². The molecule has 0 radical (unpaired) electrons. The second-order valence-corrected chi connectivity index (χ2v) is 11.1. The number of piperazine rings is 1. The Morgan fingerprint density at radius 2 is 1.77 bits per heavy atom. The fourth-order valence-corrected chi connectivity index (χ4v) is 5.66. The van der Waals surface area contributed by atoms with E-state index in [1.807, 2.05) is 43.9 Å². The summed E-state index contributed by atoms with van der Waals surface area (Å²) in [6.45, 7) is 7.83. The molecular formula is C26H37N5O4. The first-order valence-electron chi connectivity index (χ1n) is 12.8. The molecule has 4 heterocycles. The molecule has 0 saturated carbocycles. The Balaban J connectivity index is 1.25. The summed E-state index contributed by atoms with van der Waals surface area (Å²) in [4.78, 5) is 36.6. The molecule has 2 bridgehead atoms. The molecule has 9 heteroatoms. The van der Waals surface area contributed by atoms with Crippen LogP contribution in [0.4, 0.5) is 10.8 Å². The quantitative estimate of drug-likeness (QED) is 0.713. The van der Waals surface area contributed by atoms with Crippen LogP contribution in [-0.4, -0.2) is 83.7 Å². The van der Waals surface area contributed by atoms with Crippen molar-refractivity contribution in [2.75, 3.05) is 38.1 Å². The molecule has 190 valence electrons. The van der Waals surface area contributed by atoms with Crippen molar-refractivity contribution >= 4 is 29.1 Å². The Kier molecular flexibility index (Phi) is 6.38. The van der Waals surface area contributed by atoms with Crippen LogP contribution in [0.1, 0.15) is 63.2 Å². The highest BCUT2D eigenvalue weighted by Crippen LogP contribution is 2.33. The Hall–Kier alpha value is -2.81. The van der Waals surface area contributed by atoms with Crippen molar-refractivity contribution < 1.29 is 18.7 Å². The molecule has 3 saturated heterocycles. The number of para-hydroxylation sites is 1. The van der Waals surface area contributed by atoms with E-state index in [0.29, 0.717) is 60.9 Å². The van der Waals surface area contributed by atoms with Crippen molar-refractivity contribution in [1.29, 1.82) is 0 Å². The highest BCUT2D eigenvalue weighted by Gasteiger charge is 2.37. The molecule has 2 unspecified atom stereocenters. The van der Waals surface area contributed by atoms with Crippen LogP contribution in [0.15, 0.2) is 22.6 Å². The van der Waals surface area contributed by atoms with Gasteiger partial charge in [-0.1, -0.05) is 12.5 Å². The monoisotopic (exact) mass is 483 g/mol. The standard InChI is InChI=1S/C26H37N5O4/c1-26(2,3)35-25(33)31-13-11-30(12-14-31)24-28-22-20(9-6-10-21(22)34-24)23(32)27-17-15-18-7-5-8-19(16-17)29(18)4/h6,9-10,17-19H,5,7-8,11-16H2,1-4H3,(H,27,32). The maximum atomic E-state index is 13.3. The van der Waals surface area contributed by atoms with Crippen molar-refractivity contribution in [3.05, 3.63) is 23.8 Å². The molecule has 0 spiro atoms. The van der Waals surface area contributed by atoms with Gasteiger partial charge >= 0.3 is 6.09 Å². The summed E-state index contributed by atoms with van der Waals surface area (Å²) >= 11 is 0. The Labute approximate surface area is 206 Å². The van der Waals surface area contributed by atoms with Crippen LogP contribution in [0.3, 0.4) is 0 Å². The zero-order valence-corrected chi connectivity index (χ0v) is 21.2. The van der Waals surface area contributed by atoms with Crippen LogP contribution in [-0.2, 0) is 4.74 Å². The van der Waals surface area contributed by atoms with Gasteiger partial charge < -0.3 is 29.2 Å². The van der Waals surface area contributed by atoms with Crippen molar-refractivity contribution in [1.82, 2.24) is 20.1 Å². The smallest absolute Gasteiger partial charge is 0.410 e. The third-order valence-electron chi connectivity index (χ3n) is 7.53. The minimum absolute atomic E-state index is 0.0854. The molecule has 3 aliphatic rings. The number of oxazole rings is 1. The van der Waals surface area contributed by atoms with Gasteiger partial charge in [-0.15, -0.1) is 0 Å². The van der Waals surface area contributed by atoms with Gasteiger partial charge in [0, 0.05) is 44.3 Å². The highest BCUT2D eigenvalue weighted by atomic mass is 16.6. The van der Waals surface area contributed by atoms with Gasteiger partial charge in [-0.3, -0.25) is 4.79 Å². The number of rotatable bonds is 3. The van der Waals surface area contributed by atoms with E-state index in [4.69, 9.17) is 14.1 Å². The normalized spacial score (nSPS) is 25.5. The minimum atomic E-state index is -0.516. The maximum absolute atomic E-state index is 13.3. The van der Waals surface area contributed by atoms with E-state index in [2.05, 4.69) is 17.3 Å². The van der Waals surface area contributed by atoms with Crippen molar-refractivity contribution in [2.24, 2.45) is 0 Å². The van der Waals surface area contributed by atoms with E-state index in [1.165, 1.54) is 19.3 Å². The number of aromatic nitrogens is 1. The second kappa shape index (κ2) is 9.33. The number of carbonyl (C=O) groups is 2. The number of benzene rings is 1. The van der Waals surface area contributed by atoms with Crippen LogP contribution in [0, 0.1) is 0 Å². The predicted octanol–water partition coefficient (Wildman–Crippen LogP) is 3.63. The first kappa shape index (κ1) is 23.9. The Bertz CT molecular complexity index is 1070. The Morgan fingerprint density at radius 1 is 1.09 bits per heavy atom. The highest BCUT2D eigenvalue weighted by molar-refractivity contribution is 6.04. The third kappa shape index (κ3) is 5.10. The number of hydrogen-bond donors (Lipinski definition) is 1. The number of amides is 2. The number of nitrogens with zero attached hydrogens (tertiary/aromatic N) is 4. The lowest BCUT2D eigenvalue weighted by Gasteiger charge is -2.47. The summed E-state index contributed by atoms with van der Waals surface area (Å²) in [5.41, 5.74) is 1.22. The van der Waals surface area contributed by atoms with E-state index < -0.39 is 5.60 Å². The second-order valence-electron chi connectivity index (χ2n) is 11.1. The SMILES string of the molecule is CN1C2CCCC1CC(NC(=O)c1cccc3oc(N4CCN(C(=O)OC(C)(C)C)CC4)nc13)C2. The van der Waals surface area contributed by atoms with E-state index >= 15 is 0 Å². The molecule has 9 nitrogen and oxygen atoms in total. The van der Waals surface area contributed by atoms with Crippen LogP contribution in [0.25, 0.3) is 11.1 Å². The van der Waals surface area contributed by atoms with E-state index in [9.17, 15) is 9.59 Å². The van der Waals surface area contributed by atoms with E-state index in [-0.39, 0.29) is 18.0 Å². The number of hydrogen-bond acceptors (Lipinski definition) is 7. The van der Waals surface area contributed by atoms with Gasteiger partial charge in [0.1, 0.15) is 11.1 Å². The largest absolute Gasteiger partial charge is 0.444 e. The molecule has 5 rings (SSSR count). The number of ether oxygens (including phenoxy) is 1. The maximum Gasteiger partial charge on any atom is 0.410 e. The summed E-state index contributed by atoms with van der Waals surface area (Å²) < 4.78 is 11.5. The molecule has 1 aromatic carbocycles. The van der Waals surface area contributed by atoms with Gasteiger partial charge in [0.25, 0.3) is 11.9 Å². The first-order valence-corrected chi connectivity index (χ1v) is 12.8. The van der Waals surface area contributed by atoms with Crippen LogP contribution in [0.5, 0.6) is 0 Å². The average molecular weight is 484 g/mol. The summed E-state index contributed by atoms with van der Waals surface area (Å²) in [7, 11) is 2.22. The van der Waals surface area contributed by atoms with Crippen LogP contribution < -0.4 is 10.2 Å². The number of nitrogens with one attached hydrogen (secondary N) is 1. The van der Waals surface area contributed by atoms with Crippen molar-refractivity contribution in [3.63, 3.8) is 0 Å². The number of piperidine rings is 2. The first-order chi connectivity index (χ1) is 16.7. The lowest BCUT2D eigenvalue weighted by molar-refractivity contribution is 0.0239. The topological polar surface area (TPSA) is 91.2 Å². The summed E-state index contributed by atoms with van der Waals surface area (Å²) in [5.74, 6) is -0.0854. The van der Waals surface area contributed by atoms with Gasteiger partial charge in [0.05, 0.1) is 5.56 Å². The Morgan fingerprint density at radius 3 is 2.43 bits per heavy atom. The zero-order valence-electron chi connectivity index (χ0n) is 21.2. The summed E-state index contributed by atoms with van der Waals surface area (Å²) in [5, 5.41) is 3.28. The fourth-order valence-electron chi connectivity index (χ4n) is 5.66. The lowest BCUT2D eigenvalue weighted by atomic mass is 9.82. The summed E-state index contributed by atoms with van der Waals surface area (Å²) in [6, 6.07) is 7.30. The van der Waals surface area contributed by atoms with Crippen LogP contribution in [0.2, 0.25) is 0 Å². The van der Waals surface area contributed by atoms with Gasteiger partial charge in [-0.2, -0.15) is 4.98 Å². The lowest BCUT2D eigenvalue weighted by Crippen LogP contribution is -2.55. The molecule has 2 amide bonds. The molecule has 2 atom stereocenters. The molecule has 3 aliphatic heterocycles. The molecular weight excluding hydrogens is 446 g/mol. The summed E-state index contributed by atoms with van der Waals surface area (Å²) in [6.07, 6.45) is 5.41. The predicted molar refractivity (Wildman–Crippen MR) is 134 cm³/mol. The molecule has 35 heavy (non-hydrogen) atoms. The minimum Gasteiger partial charge on any atom is -0.444 e.